The van der Waals surface area contributed by atoms with Crippen LogP contribution in [0.1, 0.15) is 44.1 Å². The highest BCUT2D eigenvalue weighted by molar-refractivity contribution is 5.79. The molecule has 0 aromatic heterocycles. The van der Waals surface area contributed by atoms with Crippen LogP contribution < -0.4 is 5.32 Å². The van der Waals surface area contributed by atoms with Gasteiger partial charge in [-0.25, -0.2) is 13.2 Å². The van der Waals surface area contributed by atoms with Gasteiger partial charge in [-0.3, -0.25) is 4.79 Å². The minimum atomic E-state index is -1.27. The number of hydrogen-bond donors (Lipinski definition) is 2. The molecule has 0 saturated heterocycles. The third kappa shape index (κ3) is 4.96. The molecule has 1 saturated carbocycles. The van der Waals surface area contributed by atoms with Crippen molar-refractivity contribution in [2.75, 3.05) is 6.61 Å². The highest BCUT2D eigenvalue weighted by atomic mass is 19.2. The van der Waals surface area contributed by atoms with Crippen LogP contribution in [0.5, 0.6) is 0 Å². The summed E-state index contributed by atoms with van der Waals surface area (Å²) in [6, 6.07) is 0.997. The zero-order valence-corrected chi connectivity index (χ0v) is 13.0. The number of benzene rings is 1. The van der Waals surface area contributed by atoms with Gasteiger partial charge in [0, 0.05) is 24.3 Å². The summed E-state index contributed by atoms with van der Waals surface area (Å²) in [6.45, 7) is -0.0407. The molecule has 1 aliphatic carbocycles. The van der Waals surface area contributed by atoms with Crippen LogP contribution in [0.2, 0.25) is 0 Å². The molecule has 2 rings (SSSR count). The van der Waals surface area contributed by atoms with E-state index in [0.29, 0.717) is 24.5 Å². The molecule has 6 heteroatoms. The summed E-state index contributed by atoms with van der Waals surface area (Å²) in [4.78, 5) is 12.1. The molecule has 23 heavy (non-hydrogen) atoms. The molecule has 0 spiro atoms. The number of nitrogens with one attached hydrogen (secondary N) is 1. The molecule has 1 aromatic rings. The van der Waals surface area contributed by atoms with E-state index in [9.17, 15) is 23.1 Å². The van der Waals surface area contributed by atoms with E-state index in [1.165, 1.54) is 6.42 Å². The normalized spacial score (nSPS) is 17.0. The maximum Gasteiger partial charge on any atom is 0.224 e. The Bertz CT molecular complexity index is 545. The Morgan fingerprint density at radius 2 is 1.78 bits per heavy atom. The lowest BCUT2D eigenvalue weighted by Crippen LogP contribution is -2.42. The number of amides is 1. The number of rotatable bonds is 6. The van der Waals surface area contributed by atoms with E-state index >= 15 is 0 Å². The summed E-state index contributed by atoms with van der Waals surface area (Å²) in [7, 11) is 0. The van der Waals surface area contributed by atoms with E-state index in [2.05, 4.69) is 5.32 Å². The summed E-state index contributed by atoms with van der Waals surface area (Å²) in [5.74, 6) is -3.52. The zero-order chi connectivity index (χ0) is 16.8. The van der Waals surface area contributed by atoms with Crippen LogP contribution in [-0.2, 0) is 11.2 Å². The minimum Gasteiger partial charge on any atom is -0.396 e. The quantitative estimate of drug-likeness (QED) is 0.788. The van der Waals surface area contributed by atoms with Gasteiger partial charge in [0.05, 0.1) is 6.42 Å². The summed E-state index contributed by atoms with van der Waals surface area (Å²) in [5, 5.41) is 12.0. The lowest BCUT2D eigenvalue weighted by molar-refractivity contribution is -0.121. The molecule has 0 radical (unpaired) electrons. The number of aliphatic hydroxyl groups is 1. The lowest BCUT2D eigenvalue weighted by atomic mass is 9.82. The van der Waals surface area contributed by atoms with Crippen molar-refractivity contribution in [3.63, 3.8) is 0 Å². The standard InChI is InChI=1S/C17H22F3NO2/c18-13-10-15(20)14(19)8-12(13)9-17(23)21-16(6-7-22)11-4-2-1-3-5-11/h8,10-11,16,22H,1-7,9H2,(H,21,23). The molecule has 128 valence electrons. The number of carbonyl (C=O) groups is 1. The number of carbonyl (C=O) groups excluding carboxylic acids is 1. The fourth-order valence-corrected chi connectivity index (χ4v) is 3.23. The monoisotopic (exact) mass is 329 g/mol. The fraction of sp³-hybridized carbons (Fsp3) is 0.588. The van der Waals surface area contributed by atoms with E-state index in [4.69, 9.17) is 0 Å². The first-order valence-electron chi connectivity index (χ1n) is 8.05. The van der Waals surface area contributed by atoms with E-state index in [1.54, 1.807) is 0 Å². The molecule has 3 nitrogen and oxygen atoms in total. The van der Waals surface area contributed by atoms with E-state index in [0.717, 1.165) is 25.7 Å². The first-order chi connectivity index (χ1) is 11.0. The second-order valence-electron chi connectivity index (χ2n) is 6.12. The topological polar surface area (TPSA) is 49.3 Å². The first kappa shape index (κ1) is 17.8. The van der Waals surface area contributed by atoms with Crippen molar-refractivity contribution >= 4 is 5.91 Å². The van der Waals surface area contributed by atoms with Crippen molar-refractivity contribution < 1.29 is 23.1 Å². The Balaban J connectivity index is 2.00. The van der Waals surface area contributed by atoms with Crippen molar-refractivity contribution in [1.82, 2.24) is 5.32 Å². The molecule has 1 unspecified atom stereocenters. The van der Waals surface area contributed by atoms with Crippen molar-refractivity contribution in [2.45, 2.75) is 51.0 Å². The van der Waals surface area contributed by atoms with Crippen molar-refractivity contribution in [1.29, 1.82) is 0 Å². The van der Waals surface area contributed by atoms with Crippen LogP contribution in [0.15, 0.2) is 12.1 Å². The van der Waals surface area contributed by atoms with Gasteiger partial charge in [0.1, 0.15) is 5.82 Å². The van der Waals surface area contributed by atoms with Crippen molar-refractivity contribution in [2.24, 2.45) is 5.92 Å². The smallest absolute Gasteiger partial charge is 0.224 e. The van der Waals surface area contributed by atoms with Crippen LogP contribution in [0.25, 0.3) is 0 Å². The van der Waals surface area contributed by atoms with Crippen molar-refractivity contribution in [3.8, 4) is 0 Å². The Morgan fingerprint density at radius 1 is 1.13 bits per heavy atom. The maximum atomic E-state index is 13.6. The first-order valence-corrected chi connectivity index (χ1v) is 8.05. The number of hydrogen-bond acceptors (Lipinski definition) is 2. The molecule has 2 N–H and O–H groups in total. The molecule has 1 amide bonds. The van der Waals surface area contributed by atoms with Crippen LogP contribution in [0.3, 0.4) is 0 Å². The van der Waals surface area contributed by atoms with Crippen LogP contribution in [0.4, 0.5) is 13.2 Å². The third-order valence-electron chi connectivity index (χ3n) is 4.45. The zero-order valence-electron chi connectivity index (χ0n) is 13.0. The van der Waals surface area contributed by atoms with Crippen LogP contribution in [-0.4, -0.2) is 23.7 Å². The molecular formula is C17H22F3NO2. The molecule has 1 fully saturated rings. The molecule has 1 atom stereocenters. The predicted octanol–water partition coefficient (Wildman–Crippen LogP) is 3.09. The van der Waals surface area contributed by atoms with Gasteiger partial charge in [-0.2, -0.15) is 0 Å². The maximum absolute atomic E-state index is 13.6. The average Bonchev–Trinajstić information content (AvgIpc) is 2.53. The van der Waals surface area contributed by atoms with Gasteiger partial charge in [-0.15, -0.1) is 0 Å². The molecule has 1 aromatic carbocycles. The van der Waals surface area contributed by atoms with Gasteiger partial charge < -0.3 is 10.4 Å². The molecule has 0 bridgehead atoms. The summed E-state index contributed by atoms with van der Waals surface area (Å²) >= 11 is 0. The molecular weight excluding hydrogens is 307 g/mol. The largest absolute Gasteiger partial charge is 0.396 e. The van der Waals surface area contributed by atoms with Gasteiger partial charge >= 0.3 is 0 Å². The average molecular weight is 329 g/mol. The van der Waals surface area contributed by atoms with E-state index < -0.39 is 23.4 Å². The number of halogens is 3. The summed E-state index contributed by atoms with van der Waals surface area (Å²) in [5.41, 5.74) is -0.173. The van der Waals surface area contributed by atoms with E-state index in [-0.39, 0.29) is 24.6 Å². The Hall–Kier alpha value is -1.56. The van der Waals surface area contributed by atoms with E-state index in [1.807, 2.05) is 0 Å². The van der Waals surface area contributed by atoms with Gasteiger partial charge in [-0.1, -0.05) is 19.3 Å². The van der Waals surface area contributed by atoms with Gasteiger partial charge in [0.15, 0.2) is 11.6 Å². The lowest BCUT2D eigenvalue weighted by Gasteiger charge is -2.30. The van der Waals surface area contributed by atoms with Crippen LogP contribution >= 0.6 is 0 Å². The summed E-state index contributed by atoms with van der Waals surface area (Å²) < 4.78 is 39.7. The SMILES string of the molecule is O=C(Cc1cc(F)c(F)cc1F)NC(CCO)C1CCCCC1. The van der Waals surface area contributed by atoms with Gasteiger partial charge in [0.2, 0.25) is 5.91 Å². The van der Waals surface area contributed by atoms with Gasteiger partial charge in [-0.05, 0) is 31.2 Å². The fourth-order valence-electron chi connectivity index (χ4n) is 3.23. The Labute approximate surface area is 133 Å². The highest BCUT2D eigenvalue weighted by Crippen LogP contribution is 2.27. The van der Waals surface area contributed by atoms with Crippen LogP contribution in [0, 0.1) is 23.4 Å². The summed E-state index contributed by atoms with van der Waals surface area (Å²) in [6.07, 6.45) is 5.44. The minimum absolute atomic E-state index is 0.0407. The van der Waals surface area contributed by atoms with Crippen molar-refractivity contribution in [3.05, 3.63) is 35.1 Å². The second-order valence-corrected chi connectivity index (χ2v) is 6.12. The second kappa shape index (κ2) is 8.34. The number of aliphatic hydroxyl groups excluding tert-OH is 1. The third-order valence-corrected chi connectivity index (χ3v) is 4.45. The molecule has 0 aliphatic heterocycles. The Kier molecular flexibility index (Phi) is 6.45. The Morgan fingerprint density at radius 3 is 2.43 bits per heavy atom. The molecule has 1 aliphatic rings. The highest BCUT2D eigenvalue weighted by Gasteiger charge is 2.25. The molecule has 0 heterocycles. The predicted molar refractivity (Wildman–Crippen MR) is 80.2 cm³/mol. The van der Waals surface area contributed by atoms with Gasteiger partial charge in [0.25, 0.3) is 0 Å².